The van der Waals surface area contributed by atoms with E-state index >= 15 is 0 Å². The van der Waals surface area contributed by atoms with Crippen molar-refractivity contribution < 1.29 is 12.8 Å². The number of rotatable bonds is 7. The first-order valence-corrected chi connectivity index (χ1v) is 8.28. The van der Waals surface area contributed by atoms with Crippen LogP contribution in [-0.2, 0) is 23.0 Å². The van der Waals surface area contributed by atoms with Gasteiger partial charge in [-0.15, -0.1) is 0 Å². The average molecular weight is 312 g/mol. The number of hydrogen-bond donors (Lipinski definition) is 2. The van der Waals surface area contributed by atoms with Crippen molar-refractivity contribution in [1.29, 1.82) is 0 Å². The van der Waals surface area contributed by atoms with Gasteiger partial charge in [-0.25, -0.2) is 13.1 Å². The highest BCUT2D eigenvalue weighted by molar-refractivity contribution is 7.89. The van der Waals surface area contributed by atoms with E-state index in [2.05, 4.69) is 9.82 Å². The number of sulfonamides is 1. The topological polar surface area (TPSA) is 103 Å². The molecule has 0 radical (unpaired) electrons. The summed E-state index contributed by atoms with van der Waals surface area (Å²) in [6.07, 6.45) is 4.34. The molecule has 0 saturated heterocycles. The summed E-state index contributed by atoms with van der Waals surface area (Å²) in [5.74, 6) is 0.849. The van der Waals surface area contributed by atoms with Gasteiger partial charge in [-0.3, -0.25) is 4.68 Å². The smallest absolute Gasteiger partial charge is 0.246 e. The molecule has 2 heterocycles. The van der Waals surface area contributed by atoms with E-state index in [1.807, 2.05) is 19.1 Å². The first-order chi connectivity index (χ1) is 9.92. The molecule has 0 aromatic carbocycles. The number of furan rings is 1. The number of nitrogen functional groups attached to an aromatic ring is 1. The van der Waals surface area contributed by atoms with Crippen molar-refractivity contribution in [2.24, 2.45) is 0 Å². The Bertz CT molecular complexity index is 676. The van der Waals surface area contributed by atoms with Crippen LogP contribution in [0.3, 0.4) is 0 Å². The van der Waals surface area contributed by atoms with E-state index < -0.39 is 10.0 Å². The lowest BCUT2D eigenvalue weighted by molar-refractivity contribution is 0.480. The van der Waals surface area contributed by atoms with E-state index in [4.69, 9.17) is 10.2 Å². The highest BCUT2D eigenvalue weighted by atomic mass is 32.2. The van der Waals surface area contributed by atoms with Gasteiger partial charge in [0.15, 0.2) is 5.82 Å². The summed E-state index contributed by atoms with van der Waals surface area (Å²) >= 11 is 0. The van der Waals surface area contributed by atoms with Crippen molar-refractivity contribution in [3.8, 4) is 0 Å². The molecule has 2 aromatic rings. The number of aromatic nitrogens is 2. The fraction of sp³-hybridized carbons (Fsp3) is 0.462. The van der Waals surface area contributed by atoms with Crippen LogP contribution in [0.2, 0.25) is 0 Å². The van der Waals surface area contributed by atoms with E-state index in [0.717, 1.165) is 5.76 Å². The molecular weight excluding hydrogens is 292 g/mol. The minimum absolute atomic E-state index is 0.0163. The van der Waals surface area contributed by atoms with Gasteiger partial charge in [0.25, 0.3) is 0 Å². The maximum Gasteiger partial charge on any atom is 0.246 e. The van der Waals surface area contributed by atoms with Crippen LogP contribution in [0.1, 0.15) is 26.0 Å². The van der Waals surface area contributed by atoms with Gasteiger partial charge in [0.2, 0.25) is 10.0 Å². The Morgan fingerprint density at radius 3 is 2.86 bits per heavy atom. The SMILES string of the molecule is CCn1cc(S(=O)(=O)NC(C)CCc2ccco2)c(N)n1. The third-order valence-corrected chi connectivity index (χ3v) is 4.73. The Hall–Kier alpha value is -1.80. The highest BCUT2D eigenvalue weighted by Gasteiger charge is 2.23. The van der Waals surface area contributed by atoms with E-state index in [9.17, 15) is 8.42 Å². The summed E-state index contributed by atoms with van der Waals surface area (Å²) in [5.41, 5.74) is 5.66. The monoisotopic (exact) mass is 312 g/mol. The summed E-state index contributed by atoms with van der Waals surface area (Å²) in [4.78, 5) is 0.0224. The van der Waals surface area contributed by atoms with Gasteiger partial charge in [-0.2, -0.15) is 5.10 Å². The fourth-order valence-corrected chi connectivity index (χ4v) is 3.34. The Labute approximate surface area is 124 Å². The molecule has 2 rings (SSSR count). The van der Waals surface area contributed by atoms with Crippen molar-refractivity contribution in [3.63, 3.8) is 0 Å². The summed E-state index contributed by atoms with van der Waals surface area (Å²) < 4.78 is 33.9. The van der Waals surface area contributed by atoms with Crippen LogP contribution in [0.4, 0.5) is 5.82 Å². The maximum atomic E-state index is 12.3. The maximum absolute atomic E-state index is 12.3. The van der Waals surface area contributed by atoms with Crippen LogP contribution >= 0.6 is 0 Å². The molecule has 0 fully saturated rings. The lowest BCUT2D eigenvalue weighted by atomic mass is 10.2. The molecule has 116 valence electrons. The number of nitrogens with one attached hydrogen (secondary N) is 1. The van der Waals surface area contributed by atoms with E-state index in [1.54, 1.807) is 13.2 Å². The molecular formula is C13H20N4O3S. The molecule has 3 N–H and O–H groups in total. The predicted octanol–water partition coefficient (Wildman–Crippen LogP) is 1.38. The molecule has 1 atom stereocenters. The molecule has 0 aliphatic carbocycles. The van der Waals surface area contributed by atoms with Gasteiger partial charge in [0.1, 0.15) is 10.7 Å². The first-order valence-electron chi connectivity index (χ1n) is 6.80. The van der Waals surface area contributed by atoms with E-state index in [1.165, 1.54) is 10.9 Å². The number of nitrogens with zero attached hydrogens (tertiary/aromatic N) is 2. The summed E-state index contributed by atoms with van der Waals surface area (Å²) in [7, 11) is -3.66. The van der Waals surface area contributed by atoms with Gasteiger partial charge >= 0.3 is 0 Å². The molecule has 7 nitrogen and oxygen atoms in total. The van der Waals surface area contributed by atoms with Crippen molar-refractivity contribution in [1.82, 2.24) is 14.5 Å². The average Bonchev–Trinajstić information content (AvgIpc) is 3.04. The second-order valence-electron chi connectivity index (χ2n) is 4.87. The lowest BCUT2D eigenvalue weighted by Crippen LogP contribution is -2.33. The van der Waals surface area contributed by atoms with Crippen molar-refractivity contribution in [2.45, 2.75) is 44.2 Å². The van der Waals surface area contributed by atoms with Gasteiger partial charge in [0, 0.05) is 25.2 Å². The number of nitrogens with two attached hydrogens (primary N) is 1. The molecule has 0 bridgehead atoms. The van der Waals surface area contributed by atoms with Gasteiger partial charge in [-0.05, 0) is 32.4 Å². The zero-order chi connectivity index (χ0) is 15.5. The second kappa shape index (κ2) is 6.31. The number of anilines is 1. The molecule has 2 aromatic heterocycles. The van der Waals surface area contributed by atoms with Gasteiger partial charge in [-0.1, -0.05) is 0 Å². The first kappa shape index (κ1) is 15.6. The molecule has 0 saturated carbocycles. The number of hydrogen-bond acceptors (Lipinski definition) is 5. The highest BCUT2D eigenvalue weighted by Crippen LogP contribution is 2.17. The van der Waals surface area contributed by atoms with Crippen LogP contribution in [0.5, 0.6) is 0 Å². The Balaban J connectivity index is 2.00. The van der Waals surface area contributed by atoms with Crippen molar-refractivity contribution >= 4 is 15.8 Å². The zero-order valence-corrected chi connectivity index (χ0v) is 12.9. The third kappa shape index (κ3) is 3.85. The van der Waals surface area contributed by atoms with Crippen LogP contribution in [-0.4, -0.2) is 24.2 Å². The van der Waals surface area contributed by atoms with Crippen molar-refractivity contribution in [2.75, 3.05) is 5.73 Å². The van der Waals surface area contributed by atoms with Gasteiger partial charge in [0.05, 0.1) is 6.26 Å². The molecule has 8 heteroatoms. The fourth-order valence-electron chi connectivity index (χ4n) is 1.99. The lowest BCUT2D eigenvalue weighted by Gasteiger charge is -2.12. The standard InChI is InChI=1S/C13H20N4O3S/c1-3-17-9-12(13(14)15-17)21(18,19)16-10(2)6-7-11-5-4-8-20-11/h4-5,8-10,16H,3,6-7H2,1-2H3,(H2,14,15). The van der Waals surface area contributed by atoms with E-state index in [-0.39, 0.29) is 16.8 Å². The summed E-state index contributed by atoms with van der Waals surface area (Å²) in [5, 5.41) is 3.95. The second-order valence-corrected chi connectivity index (χ2v) is 6.56. The Morgan fingerprint density at radius 2 is 2.29 bits per heavy atom. The van der Waals surface area contributed by atoms with Crippen molar-refractivity contribution in [3.05, 3.63) is 30.4 Å². The van der Waals surface area contributed by atoms with Crippen LogP contribution in [0.15, 0.2) is 33.9 Å². The van der Waals surface area contributed by atoms with E-state index in [0.29, 0.717) is 19.4 Å². The zero-order valence-electron chi connectivity index (χ0n) is 12.1. The molecule has 0 amide bonds. The minimum atomic E-state index is -3.66. The molecule has 0 aliphatic heterocycles. The van der Waals surface area contributed by atoms with Gasteiger partial charge < -0.3 is 10.2 Å². The summed E-state index contributed by atoms with van der Waals surface area (Å²) in [6, 6.07) is 3.44. The Morgan fingerprint density at radius 1 is 1.52 bits per heavy atom. The molecule has 0 spiro atoms. The number of aryl methyl sites for hydroxylation is 2. The Kier molecular flexibility index (Phi) is 4.69. The predicted molar refractivity (Wildman–Crippen MR) is 79.1 cm³/mol. The molecule has 21 heavy (non-hydrogen) atoms. The van der Waals surface area contributed by atoms with Crippen LogP contribution < -0.4 is 10.5 Å². The third-order valence-electron chi connectivity index (χ3n) is 3.13. The van der Waals surface area contributed by atoms with Crippen LogP contribution in [0, 0.1) is 0 Å². The quantitative estimate of drug-likeness (QED) is 0.804. The largest absolute Gasteiger partial charge is 0.469 e. The van der Waals surface area contributed by atoms with Crippen LogP contribution in [0.25, 0.3) is 0 Å². The molecule has 1 unspecified atom stereocenters. The summed E-state index contributed by atoms with van der Waals surface area (Å²) in [6.45, 7) is 4.23. The minimum Gasteiger partial charge on any atom is -0.469 e. The normalized spacial score (nSPS) is 13.4. The molecule has 0 aliphatic rings.